The van der Waals surface area contributed by atoms with Gasteiger partial charge in [0.2, 0.25) is 0 Å². The van der Waals surface area contributed by atoms with Gasteiger partial charge in [0, 0.05) is 13.1 Å². The monoisotopic (exact) mass is 267 g/mol. The molecule has 2 nitrogen and oxygen atoms in total. The second-order valence-electron chi connectivity index (χ2n) is 5.96. The lowest BCUT2D eigenvalue weighted by atomic mass is 10.0. The average Bonchev–Trinajstić information content (AvgIpc) is 3.25. The summed E-state index contributed by atoms with van der Waals surface area (Å²) in [5.74, 6) is -0.914. The minimum atomic E-state index is -0.909. The minimum absolute atomic E-state index is 0.388. The highest BCUT2D eigenvalue weighted by atomic mass is 19.2. The second-order valence-corrected chi connectivity index (χ2v) is 5.96. The third-order valence-corrected chi connectivity index (χ3v) is 4.48. The largest absolute Gasteiger partial charge is 0.387 e. The normalized spacial score (nSPS) is 22.3. The molecule has 19 heavy (non-hydrogen) atoms. The Morgan fingerprint density at radius 1 is 1.26 bits per heavy atom. The zero-order valence-electron chi connectivity index (χ0n) is 10.8. The first kappa shape index (κ1) is 13.0. The van der Waals surface area contributed by atoms with Crippen LogP contribution >= 0.6 is 0 Å². The van der Waals surface area contributed by atoms with Gasteiger partial charge in [0.1, 0.15) is 0 Å². The predicted octanol–water partition coefficient (Wildman–Crippen LogP) is 2.78. The maximum absolute atomic E-state index is 13.1. The van der Waals surface area contributed by atoms with Gasteiger partial charge < -0.3 is 10.4 Å². The molecule has 0 bridgehead atoms. The molecule has 0 spiro atoms. The SMILES string of the molecule is OC(CNCC1(C2CC2)CC1)c1ccc(F)c(F)c1. The highest BCUT2D eigenvalue weighted by molar-refractivity contribution is 5.20. The van der Waals surface area contributed by atoms with E-state index in [0.29, 0.717) is 17.5 Å². The fourth-order valence-corrected chi connectivity index (χ4v) is 2.88. The van der Waals surface area contributed by atoms with Gasteiger partial charge >= 0.3 is 0 Å². The van der Waals surface area contributed by atoms with Gasteiger partial charge in [-0.05, 0) is 54.7 Å². The number of hydrogen-bond acceptors (Lipinski definition) is 2. The molecule has 2 N–H and O–H groups in total. The van der Waals surface area contributed by atoms with Crippen LogP contribution in [0.1, 0.15) is 37.4 Å². The first-order chi connectivity index (χ1) is 9.11. The molecule has 0 saturated heterocycles. The lowest BCUT2D eigenvalue weighted by Gasteiger charge is -2.17. The summed E-state index contributed by atoms with van der Waals surface area (Å²) in [7, 11) is 0. The van der Waals surface area contributed by atoms with Gasteiger partial charge in [-0.25, -0.2) is 8.78 Å². The lowest BCUT2D eigenvalue weighted by molar-refractivity contribution is 0.170. The van der Waals surface area contributed by atoms with Gasteiger partial charge in [-0.15, -0.1) is 0 Å². The molecule has 2 fully saturated rings. The fraction of sp³-hybridized carbons (Fsp3) is 0.600. The van der Waals surface area contributed by atoms with Gasteiger partial charge in [0.05, 0.1) is 6.10 Å². The number of aliphatic hydroxyl groups is 1. The van der Waals surface area contributed by atoms with E-state index in [4.69, 9.17) is 0 Å². The molecular formula is C15H19F2NO. The molecule has 1 atom stereocenters. The fourth-order valence-electron chi connectivity index (χ4n) is 2.88. The lowest BCUT2D eigenvalue weighted by Crippen LogP contribution is -2.29. The van der Waals surface area contributed by atoms with Crippen LogP contribution in [0.3, 0.4) is 0 Å². The summed E-state index contributed by atoms with van der Waals surface area (Å²) in [5.41, 5.74) is 0.899. The van der Waals surface area contributed by atoms with Crippen molar-refractivity contribution in [1.29, 1.82) is 0 Å². The minimum Gasteiger partial charge on any atom is -0.387 e. The summed E-state index contributed by atoms with van der Waals surface area (Å²) in [6, 6.07) is 3.55. The number of nitrogens with one attached hydrogen (secondary N) is 1. The molecule has 3 rings (SSSR count). The molecule has 1 aromatic rings. The standard InChI is InChI=1S/C15H19F2NO/c16-12-4-1-10(7-13(12)17)14(19)8-18-9-15(5-6-15)11-2-3-11/h1,4,7,11,14,18-19H,2-3,5-6,8-9H2. The van der Waals surface area contributed by atoms with Crippen molar-refractivity contribution in [1.82, 2.24) is 5.32 Å². The Morgan fingerprint density at radius 2 is 2.00 bits per heavy atom. The molecule has 0 heterocycles. The molecule has 2 aliphatic rings. The first-order valence-electron chi connectivity index (χ1n) is 6.94. The van der Waals surface area contributed by atoms with Gasteiger partial charge in [-0.1, -0.05) is 6.07 Å². The Hall–Kier alpha value is -1.00. The van der Waals surface area contributed by atoms with Gasteiger partial charge in [-0.3, -0.25) is 0 Å². The van der Waals surface area contributed by atoms with Crippen LogP contribution < -0.4 is 5.32 Å². The van der Waals surface area contributed by atoms with Crippen LogP contribution in [0.5, 0.6) is 0 Å². The Bertz CT molecular complexity index is 469. The number of aliphatic hydroxyl groups excluding tert-OH is 1. The average molecular weight is 267 g/mol. The maximum Gasteiger partial charge on any atom is 0.159 e. The van der Waals surface area contributed by atoms with Crippen molar-refractivity contribution in [2.24, 2.45) is 11.3 Å². The number of hydrogen-bond donors (Lipinski definition) is 2. The van der Waals surface area contributed by atoms with Crippen LogP contribution in [-0.4, -0.2) is 18.2 Å². The van der Waals surface area contributed by atoms with E-state index in [1.165, 1.54) is 31.7 Å². The summed E-state index contributed by atoms with van der Waals surface area (Å²) >= 11 is 0. The highest BCUT2D eigenvalue weighted by Crippen LogP contribution is 2.60. The van der Waals surface area contributed by atoms with E-state index in [2.05, 4.69) is 5.32 Å². The molecule has 1 aromatic carbocycles. The van der Waals surface area contributed by atoms with Crippen LogP contribution in [0.25, 0.3) is 0 Å². The van der Waals surface area contributed by atoms with Crippen LogP contribution in [-0.2, 0) is 0 Å². The topological polar surface area (TPSA) is 32.3 Å². The van der Waals surface area contributed by atoms with E-state index in [1.807, 2.05) is 0 Å². The quantitative estimate of drug-likeness (QED) is 0.830. The molecular weight excluding hydrogens is 248 g/mol. The number of rotatable bonds is 6. The van der Waals surface area contributed by atoms with E-state index < -0.39 is 17.7 Å². The van der Waals surface area contributed by atoms with Crippen molar-refractivity contribution in [2.45, 2.75) is 31.8 Å². The Morgan fingerprint density at radius 3 is 2.58 bits per heavy atom. The smallest absolute Gasteiger partial charge is 0.159 e. The van der Waals surface area contributed by atoms with E-state index in [-0.39, 0.29) is 0 Å². The molecule has 104 valence electrons. The molecule has 0 radical (unpaired) electrons. The van der Waals surface area contributed by atoms with Crippen molar-refractivity contribution in [3.63, 3.8) is 0 Å². The molecule has 0 aromatic heterocycles. The third kappa shape index (κ3) is 2.79. The van der Waals surface area contributed by atoms with Crippen molar-refractivity contribution in [3.8, 4) is 0 Å². The summed E-state index contributed by atoms with van der Waals surface area (Å²) < 4.78 is 25.9. The van der Waals surface area contributed by atoms with Crippen molar-refractivity contribution >= 4 is 0 Å². The van der Waals surface area contributed by atoms with Crippen LogP contribution in [0.15, 0.2) is 18.2 Å². The van der Waals surface area contributed by atoms with E-state index in [9.17, 15) is 13.9 Å². The summed E-state index contributed by atoms with van der Waals surface area (Å²) in [6.07, 6.45) is 4.46. The molecule has 2 aliphatic carbocycles. The first-order valence-corrected chi connectivity index (χ1v) is 6.94. The van der Waals surface area contributed by atoms with Gasteiger partial charge in [0.25, 0.3) is 0 Å². The zero-order chi connectivity index (χ0) is 13.5. The molecule has 1 unspecified atom stereocenters. The van der Waals surface area contributed by atoms with Crippen molar-refractivity contribution in [2.75, 3.05) is 13.1 Å². The molecule has 0 aliphatic heterocycles. The number of benzene rings is 1. The van der Waals surface area contributed by atoms with E-state index >= 15 is 0 Å². The van der Waals surface area contributed by atoms with Crippen molar-refractivity contribution in [3.05, 3.63) is 35.4 Å². The summed E-state index contributed by atoms with van der Waals surface area (Å²) in [5, 5.41) is 13.2. The summed E-state index contributed by atoms with van der Waals surface area (Å²) in [6.45, 7) is 1.32. The highest BCUT2D eigenvalue weighted by Gasteiger charge is 2.53. The molecule has 0 amide bonds. The third-order valence-electron chi connectivity index (χ3n) is 4.48. The van der Waals surface area contributed by atoms with Crippen LogP contribution in [0, 0.1) is 23.0 Å². The number of halogens is 2. The predicted molar refractivity (Wildman–Crippen MR) is 68.6 cm³/mol. The van der Waals surface area contributed by atoms with Crippen LogP contribution in [0.2, 0.25) is 0 Å². The second kappa shape index (κ2) is 4.84. The zero-order valence-corrected chi connectivity index (χ0v) is 10.8. The van der Waals surface area contributed by atoms with Gasteiger partial charge in [0.15, 0.2) is 11.6 Å². The Labute approximate surface area is 111 Å². The summed E-state index contributed by atoms with van der Waals surface area (Å²) in [4.78, 5) is 0. The van der Waals surface area contributed by atoms with E-state index in [0.717, 1.165) is 24.6 Å². The Balaban J connectivity index is 1.50. The Kier molecular flexibility index (Phi) is 3.31. The maximum atomic E-state index is 13.1. The van der Waals surface area contributed by atoms with Gasteiger partial charge in [-0.2, -0.15) is 0 Å². The molecule has 4 heteroatoms. The van der Waals surface area contributed by atoms with Crippen molar-refractivity contribution < 1.29 is 13.9 Å². The van der Waals surface area contributed by atoms with E-state index in [1.54, 1.807) is 0 Å². The van der Waals surface area contributed by atoms with Crippen LogP contribution in [0.4, 0.5) is 8.78 Å². The molecule has 2 saturated carbocycles.